The van der Waals surface area contributed by atoms with E-state index in [0.717, 1.165) is 18.9 Å². The Hall–Kier alpha value is -1.09. The SMILES string of the molecule is CCNc1ccc(CN2CCC(C)(C)CC2)cn1. The van der Waals surface area contributed by atoms with Crippen LogP contribution in [-0.2, 0) is 6.54 Å². The molecule has 3 nitrogen and oxygen atoms in total. The lowest BCUT2D eigenvalue weighted by Gasteiger charge is -2.36. The van der Waals surface area contributed by atoms with E-state index < -0.39 is 0 Å². The Morgan fingerprint density at radius 1 is 1.28 bits per heavy atom. The van der Waals surface area contributed by atoms with Gasteiger partial charge in [0.15, 0.2) is 0 Å². The normalized spacial score (nSPS) is 19.7. The predicted molar refractivity (Wildman–Crippen MR) is 76.7 cm³/mol. The molecule has 1 aromatic heterocycles. The Bertz CT molecular complexity index is 360. The molecule has 0 unspecified atom stereocenters. The maximum absolute atomic E-state index is 4.42. The molecule has 18 heavy (non-hydrogen) atoms. The zero-order chi connectivity index (χ0) is 13.0. The van der Waals surface area contributed by atoms with Crippen LogP contribution in [0.15, 0.2) is 18.3 Å². The van der Waals surface area contributed by atoms with Crippen LogP contribution in [0.1, 0.15) is 39.2 Å². The van der Waals surface area contributed by atoms with Gasteiger partial charge < -0.3 is 5.32 Å². The molecule has 3 heteroatoms. The second kappa shape index (κ2) is 5.70. The van der Waals surface area contributed by atoms with E-state index in [0.29, 0.717) is 5.41 Å². The largest absolute Gasteiger partial charge is 0.370 e. The fourth-order valence-corrected chi connectivity index (χ4v) is 2.38. The summed E-state index contributed by atoms with van der Waals surface area (Å²) in [5.74, 6) is 0.973. The Kier molecular flexibility index (Phi) is 4.23. The fourth-order valence-electron chi connectivity index (χ4n) is 2.38. The van der Waals surface area contributed by atoms with Crippen molar-refractivity contribution in [3.63, 3.8) is 0 Å². The number of hydrogen-bond acceptors (Lipinski definition) is 3. The summed E-state index contributed by atoms with van der Waals surface area (Å²) in [4.78, 5) is 6.96. The quantitative estimate of drug-likeness (QED) is 0.886. The highest BCUT2D eigenvalue weighted by molar-refractivity contribution is 5.35. The Morgan fingerprint density at radius 2 is 2.00 bits per heavy atom. The molecule has 1 fully saturated rings. The highest BCUT2D eigenvalue weighted by Crippen LogP contribution is 2.30. The van der Waals surface area contributed by atoms with Gasteiger partial charge in [-0.3, -0.25) is 4.90 Å². The molecule has 2 heterocycles. The average Bonchev–Trinajstić information content (AvgIpc) is 2.35. The third kappa shape index (κ3) is 3.70. The van der Waals surface area contributed by atoms with Crippen LogP contribution >= 0.6 is 0 Å². The fraction of sp³-hybridized carbons (Fsp3) is 0.667. The number of rotatable bonds is 4. The van der Waals surface area contributed by atoms with Gasteiger partial charge in [-0.05, 0) is 49.9 Å². The summed E-state index contributed by atoms with van der Waals surface area (Å²) in [6, 6.07) is 4.26. The van der Waals surface area contributed by atoms with Crippen LogP contribution in [0.5, 0.6) is 0 Å². The molecule has 0 spiro atoms. The summed E-state index contributed by atoms with van der Waals surface area (Å²) in [5, 5.41) is 3.22. The van der Waals surface area contributed by atoms with Crippen molar-refractivity contribution in [1.82, 2.24) is 9.88 Å². The molecule has 1 aliphatic rings. The van der Waals surface area contributed by atoms with E-state index >= 15 is 0 Å². The number of nitrogens with zero attached hydrogens (tertiary/aromatic N) is 2. The van der Waals surface area contributed by atoms with Gasteiger partial charge in [-0.25, -0.2) is 4.98 Å². The molecule has 1 N–H and O–H groups in total. The summed E-state index contributed by atoms with van der Waals surface area (Å²) in [7, 11) is 0. The minimum Gasteiger partial charge on any atom is -0.370 e. The second-order valence-electron chi connectivity index (χ2n) is 6.02. The standard InChI is InChI=1S/C15H25N3/c1-4-16-14-6-5-13(11-17-14)12-18-9-7-15(2,3)8-10-18/h5-6,11H,4,7-10,12H2,1-3H3,(H,16,17). The molecule has 0 radical (unpaired) electrons. The Labute approximate surface area is 111 Å². The van der Waals surface area contributed by atoms with Crippen molar-refractivity contribution < 1.29 is 0 Å². The molecule has 0 saturated carbocycles. The van der Waals surface area contributed by atoms with Gasteiger partial charge in [0.2, 0.25) is 0 Å². The van der Waals surface area contributed by atoms with Crippen molar-refractivity contribution >= 4 is 5.82 Å². The first-order chi connectivity index (χ1) is 8.59. The number of aromatic nitrogens is 1. The van der Waals surface area contributed by atoms with Crippen molar-refractivity contribution in [3.05, 3.63) is 23.9 Å². The van der Waals surface area contributed by atoms with E-state index in [9.17, 15) is 0 Å². The average molecular weight is 247 g/mol. The van der Waals surface area contributed by atoms with E-state index in [1.165, 1.54) is 31.5 Å². The van der Waals surface area contributed by atoms with Crippen LogP contribution in [0, 0.1) is 5.41 Å². The van der Waals surface area contributed by atoms with Crippen LogP contribution in [0.25, 0.3) is 0 Å². The molecule has 0 atom stereocenters. The van der Waals surface area contributed by atoms with Crippen LogP contribution in [0.2, 0.25) is 0 Å². The monoisotopic (exact) mass is 247 g/mol. The van der Waals surface area contributed by atoms with Crippen molar-refractivity contribution in [2.24, 2.45) is 5.41 Å². The summed E-state index contributed by atoms with van der Waals surface area (Å²) >= 11 is 0. The summed E-state index contributed by atoms with van der Waals surface area (Å²) in [6.45, 7) is 11.2. The van der Waals surface area contributed by atoms with Crippen molar-refractivity contribution in [2.45, 2.75) is 40.2 Å². The third-order valence-electron chi connectivity index (χ3n) is 3.80. The van der Waals surface area contributed by atoms with Crippen molar-refractivity contribution in [2.75, 3.05) is 25.0 Å². The van der Waals surface area contributed by atoms with E-state index in [4.69, 9.17) is 0 Å². The van der Waals surface area contributed by atoms with Gasteiger partial charge in [0, 0.05) is 19.3 Å². The highest BCUT2D eigenvalue weighted by atomic mass is 15.1. The molecule has 1 aliphatic heterocycles. The van der Waals surface area contributed by atoms with Gasteiger partial charge >= 0.3 is 0 Å². The van der Waals surface area contributed by atoms with Crippen LogP contribution in [0.4, 0.5) is 5.82 Å². The number of likely N-dealkylation sites (tertiary alicyclic amines) is 1. The van der Waals surface area contributed by atoms with E-state index in [1.807, 2.05) is 6.20 Å². The molecular formula is C15H25N3. The molecular weight excluding hydrogens is 222 g/mol. The first-order valence-corrected chi connectivity index (χ1v) is 7.00. The zero-order valence-electron chi connectivity index (χ0n) is 11.9. The lowest BCUT2D eigenvalue weighted by molar-refractivity contribution is 0.127. The maximum atomic E-state index is 4.42. The molecule has 0 aliphatic carbocycles. The molecule has 0 bridgehead atoms. The van der Waals surface area contributed by atoms with E-state index in [2.05, 4.69) is 48.1 Å². The number of hydrogen-bond donors (Lipinski definition) is 1. The zero-order valence-corrected chi connectivity index (χ0v) is 11.9. The van der Waals surface area contributed by atoms with Gasteiger partial charge in [-0.1, -0.05) is 19.9 Å². The van der Waals surface area contributed by atoms with Gasteiger partial charge in [0.25, 0.3) is 0 Å². The lowest BCUT2D eigenvalue weighted by Crippen LogP contribution is -2.36. The van der Waals surface area contributed by atoms with E-state index in [-0.39, 0.29) is 0 Å². The first-order valence-electron chi connectivity index (χ1n) is 7.00. The first kappa shape index (κ1) is 13.3. The highest BCUT2D eigenvalue weighted by Gasteiger charge is 2.25. The lowest BCUT2D eigenvalue weighted by atomic mass is 9.82. The number of anilines is 1. The number of piperidine rings is 1. The van der Waals surface area contributed by atoms with Gasteiger partial charge in [0.05, 0.1) is 0 Å². The van der Waals surface area contributed by atoms with Crippen molar-refractivity contribution in [3.8, 4) is 0 Å². The molecule has 1 aromatic rings. The predicted octanol–water partition coefficient (Wildman–Crippen LogP) is 3.14. The molecule has 2 rings (SSSR count). The maximum Gasteiger partial charge on any atom is 0.125 e. The van der Waals surface area contributed by atoms with Gasteiger partial charge in [-0.15, -0.1) is 0 Å². The Balaban J connectivity index is 1.86. The topological polar surface area (TPSA) is 28.2 Å². The molecule has 0 amide bonds. The summed E-state index contributed by atoms with van der Waals surface area (Å²) in [5.41, 5.74) is 1.85. The third-order valence-corrected chi connectivity index (χ3v) is 3.80. The molecule has 0 aromatic carbocycles. The van der Waals surface area contributed by atoms with Crippen molar-refractivity contribution in [1.29, 1.82) is 0 Å². The summed E-state index contributed by atoms with van der Waals surface area (Å²) < 4.78 is 0. The Morgan fingerprint density at radius 3 is 2.56 bits per heavy atom. The second-order valence-corrected chi connectivity index (χ2v) is 6.02. The van der Waals surface area contributed by atoms with Crippen LogP contribution in [-0.4, -0.2) is 29.5 Å². The molecule has 1 saturated heterocycles. The van der Waals surface area contributed by atoms with E-state index in [1.54, 1.807) is 0 Å². The number of nitrogens with one attached hydrogen (secondary N) is 1. The molecule has 100 valence electrons. The van der Waals surface area contributed by atoms with Gasteiger partial charge in [-0.2, -0.15) is 0 Å². The minimum atomic E-state index is 0.531. The summed E-state index contributed by atoms with van der Waals surface area (Å²) in [6.07, 6.45) is 4.60. The smallest absolute Gasteiger partial charge is 0.125 e. The number of pyridine rings is 1. The van der Waals surface area contributed by atoms with Crippen LogP contribution in [0.3, 0.4) is 0 Å². The van der Waals surface area contributed by atoms with Gasteiger partial charge in [0.1, 0.15) is 5.82 Å². The minimum absolute atomic E-state index is 0.531. The van der Waals surface area contributed by atoms with Crippen LogP contribution < -0.4 is 5.32 Å².